The van der Waals surface area contributed by atoms with Crippen LogP contribution >= 0.6 is 23.2 Å². The molecule has 2 aliphatic heterocycles. The zero-order valence-electron chi connectivity index (χ0n) is 33.4. The number of nitrogens with zero attached hydrogens (tertiary/aromatic N) is 2. The van der Waals surface area contributed by atoms with Gasteiger partial charge in [-0.1, -0.05) is 73.9 Å². The van der Waals surface area contributed by atoms with Crippen LogP contribution in [0.2, 0.25) is 10.0 Å². The minimum atomic E-state index is -0.440. The molecule has 12 heteroatoms. The van der Waals surface area contributed by atoms with Gasteiger partial charge in [0.1, 0.15) is 21.9 Å². The number of rotatable bonds is 6. The molecule has 0 radical (unpaired) electrons. The third kappa shape index (κ3) is 6.20. The average Bonchev–Trinajstić information content (AvgIpc) is 3.85. The largest absolute Gasteiger partial charge is 0.439 e. The van der Waals surface area contributed by atoms with E-state index in [1.54, 1.807) is 36.4 Å². The zero-order valence-corrected chi connectivity index (χ0v) is 34.9. The van der Waals surface area contributed by atoms with Gasteiger partial charge in [0.05, 0.1) is 28.6 Å². The fourth-order valence-corrected chi connectivity index (χ4v) is 10.8. The molecule has 0 unspecified atom stereocenters. The number of benzene rings is 4. The van der Waals surface area contributed by atoms with Gasteiger partial charge in [0.15, 0.2) is 11.2 Å². The molecule has 4 aromatic heterocycles. The lowest BCUT2D eigenvalue weighted by Gasteiger charge is -2.45. The summed E-state index contributed by atoms with van der Waals surface area (Å²) in [5.74, 6) is 1.18. The summed E-state index contributed by atoms with van der Waals surface area (Å²) in [6, 6.07) is 23.9. The molecule has 0 atom stereocenters. The van der Waals surface area contributed by atoms with Crippen LogP contribution in [-0.2, 0) is 13.1 Å². The first-order valence-corrected chi connectivity index (χ1v) is 22.3. The number of anilines is 4. The molecule has 61 heavy (non-hydrogen) atoms. The molecule has 8 aromatic rings. The lowest BCUT2D eigenvalue weighted by molar-refractivity contribution is 0.453. The van der Waals surface area contributed by atoms with Crippen LogP contribution in [0.4, 0.5) is 23.1 Å². The predicted octanol–water partition coefficient (Wildman–Crippen LogP) is 12.8. The van der Waals surface area contributed by atoms with E-state index in [1.807, 2.05) is 0 Å². The van der Waals surface area contributed by atoms with E-state index in [1.165, 1.54) is 12.8 Å². The SMILES string of the molecule is O=c1oc2ccc(Cl)cc2c2oc(NC3CCCCC3)c(-c3ccc4c(c3)CN3CN4Cc4cc(-c5c(NC6CCCCC6)oc6c5c(=O)oc5ccc(Cl)cc56)ccc43)c12. The molecule has 0 saturated heterocycles. The minimum Gasteiger partial charge on any atom is -0.439 e. The van der Waals surface area contributed by atoms with Crippen molar-refractivity contribution >= 4 is 90.2 Å². The van der Waals surface area contributed by atoms with E-state index < -0.39 is 11.3 Å². The molecule has 4 aromatic carbocycles. The van der Waals surface area contributed by atoms with Gasteiger partial charge in [-0.3, -0.25) is 0 Å². The van der Waals surface area contributed by atoms with E-state index in [0.717, 1.165) is 91.7 Å². The van der Waals surface area contributed by atoms with Gasteiger partial charge in [-0.15, -0.1) is 0 Å². The van der Waals surface area contributed by atoms with E-state index in [9.17, 15) is 9.59 Å². The van der Waals surface area contributed by atoms with Crippen molar-refractivity contribution in [2.45, 2.75) is 89.4 Å². The molecule has 308 valence electrons. The third-order valence-electron chi connectivity index (χ3n) is 13.4. The molecule has 2 saturated carbocycles. The Labute approximate surface area is 360 Å². The standard InChI is InChI=1S/C49H42Cl2N4O6/c50-30-13-17-38-34(21-30)44-42(48(56)58-38)40(46(60-44)52-32-7-3-1-4-8-32)26-11-15-36-28(19-26)23-54-25-55(36)24-29-20-27(12-16-37(29)54)41-43-45(61-47(41)53-33-9-5-2-6-10-33)35-22-31(51)14-18-39(35)59-49(43)57/h11-22,32-33,52-53H,1-10,23-25H2. The van der Waals surface area contributed by atoms with Crippen molar-refractivity contribution in [3.05, 3.63) is 115 Å². The van der Waals surface area contributed by atoms with Gasteiger partial charge in [0.25, 0.3) is 0 Å². The van der Waals surface area contributed by atoms with Crippen molar-refractivity contribution < 1.29 is 17.7 Å². The van der Waals surface area contributed by atoms with E-state index in [0.29, 0.717) is 89.9 Å². The first-order valence-electron chi connectivity index (χ1n) is 21.5. The molecule has 0 spiro atoms. The number of halogens is 2. The maximum absolute atomic E-state index is 13.8. The van der Waals surface area contributed by atoms with Gasteiger partial charge in [0.2, 0.25) is 11.8 Å². The first kappa shape index (κ1) is 37.0. The Morgan fingerprint density at radius 1 is 0.525 bits per heavy atom. The highest BCUT2D eigenvalue weighted by Crippen LogP contribution is 2.47. The molecule has 4 aliphatic rings. The summed E-state index contributed by atoms with van der Waals surface area (Å²) in [6.07, 6.45) is 11.2. The Balaban J connectivity index is 0.937. The Bertz CT molecular complexity index is 2990. The van der Waals surface area contributed by atoms with Crippen LogP contribution in [0.1, 0.15) is 75.3 Å². The van der Waals surface area contributed by atoms with Gasteiger partial charge in [0, 0.05) is 46.6 Å². The molecule has 2 bridgehead atoms. The molecular formula is C49H42Cl2N4O6. The quantitative estimate of drug-likeness (QED) is 0.157. The maximum Gasteiger partial charge on any atom is 0.348 e. The number of furan rings is 2. The molecule has 2 aliphatic carbocycles. The maximum atomic E-state index is 13.8. The Morgan fingerprint density at radius 2 is 0.967 bits per heavy atom. The third-order valence-corrected chi connectivity index (χ3v) is 13.8. The van der Waals surface area contributed by atoms with Crippen LogP contribution < -0.4 is 31.7 Å². The number of hydrogen-bond donors (Lipinski definition) is 2. The summed E-state index contributed by atoms with van der Waals surface area (Å²) in [7, 11) is 0. The Hall–Kier alpha value is -5.84. The highest BCUT2D eigenvalue weighted by atomic mass is 35.5. The lowest BCUT2D eigenvalue weighted by Crippen LogP contribution is -2.46. The first-order chi connectivity index (χ1) is 29.8. The van der Waals surface area contributed by atoms with Gasteiger partial charge in [-0.05, 0) is 109 Å². The highest BCUT2D eigenvalue weighted by molar-refractivity contribution is 6.32. The lowest BCUT2D eigenvalue weighted by atomic mass is 9.93. The fourth-order valence-electron chi connectivity index (χ4n) is 10.5. The van der Waals surface area contributed by atoms with Crippen molar-refractivity contribution in [1.82, 2.24) is 0 Å². The summed E-state index contributed by atoms with van der Waals surface area (Å²) < 4.78 is 25.0. The van der Waals surface area contributed by atoms with Crippen LogP contribution in [0.15, 0.2) is 100 Å². The van der Waals surface area contributed by atoms with Crippen LogP contribution in [0.5, 0.6) is 0 Å². The van der Waals surface area contributed by atoms with Crippen molar-refractivity contribution in [3.63, 3.8) is 0 Å². The normalized spacial score (nSPS) is 17.1. The smallest absolute Gasteiger partial charge is 0.348 e. The molecule has 6 heterocycles. The molecule has 12 rings (SSSR count). The van der Waals surface area contributed by atoms with E-state index in [2.05, 4.69) is 56.8 Å². The molecule has 10 nitrogen and oxygen atoms in total. The Kier molecular flexibility index (Phi) is 8.72. The van der Waals surface area contributed by atoms with Crippen molar-refractivity contribution in [3.8, 4) is 22.3 Å². The van der Waals surface area contributed by atoms with Gasteiger partial charge in [-0.2, -0.15) is 0 Å². The average molecular weight is 854 g/mol. The molecule has 0 amide bonds. The second-order valence-corrected chi connectivity index (χ2v) is 18.1. The minimum absolute atomic E-state index is 0.247. The summed E-state index contributed by atoms with van der Waals surface area (Å²) in [5, 5.41) is 10.6. The van der Waals surface area contributed by atoms with Crippen molar-refractivity contribution in [2.24, 2.45) is 0 Å². The van der Waals surface area contributed by atoms with Gasteiger partial charge in [-0.25, -0.2) is 9.59 Å². The van der Waals surface area contributed by atoms with Crippen LogP contribution in [0.25, 0.3) is 66.1 Å². The van der Waals surface area contributed by atoms with Gasteiger partial charge >= 0.3 is 11.3 Å². The predicted molar refractivity (Wildman–Crippen MR) is 244 cm³/mol. The summed E-state index contributed by atoms with van der Waals surface area (Å²) >= 11 is 12.9. The summed E-state index contributed by atoms with van der Waals surface area (Å²) in [4.78, 5) is 32.4. The monoisotopic (exact) mass is 852 g/mol. The van der Waals surface area contributed by atoms with Crippen LogP contribution in [0, 0.1) is 0 Å². The van der Waals surface area contributed by atoms with Crippen molar-refractivity contribution in [2.75, 3.05) is 27.1 Å². The van der Waals surface area contributed by atoms with Crippen molar-refractivity contribution in [1.29, 1.82) is 0 Å². The summed E-state index contributed by atoms with van der Waals surface area (Å²) in [6.45, 7) is 2.07. The molecule has 2 N–H and O–H groups in total. The number of hydrogen-bond acceptors (Lipinski definition) is 10. The second-order valence-electron chi connectivity index (χ2n) is 17.3. The number of nitrogens with one attached hydrogen (secondary N) is 2. The zero-order chi connectivity index (χ0) is 40.9. The number of fused-ring (bicyclic) bond motifs is 12. The van der Waals surface area contributed by atoms with Gasteiger partial charge < -0.3 is 38.1 Å². The van der Waals surface area contributed by atoms with E-state index in [4.69, 9.17) is 40.9 Å². The van der Waals surface area contributed by atoms with E-state index in [-0.39, 0.29) is 12.1 Å². The fraction of sp³-hybridized carbons (Fsp3) is 0.306. The van der Waals surface area contributed by atoms with Crippen LogP contribution in [-0.4, -0.2) is 18.8 Å². The van der Waals surface area contributed by atoms with E-state index >= 15 is 0 Å². The van der Waals surface area contributed by atoms with Crippen LogP contribution in [0.3, 0.4) is 0 Å². The highest BCUT2D eigenvalue weighted by Gasteiger charge is 2.33. The second kappa shape index (κ2) is 14.4. The molecule has 2 fully saturated rings. The topological polar surface area (TPSA) is 117 Å². The molecular weight excluding hydrogens is 811 g/mol. The Morgan fingerprint density at radius 3 is 1.41 bits per heavy atom. The summed E-state index contributed by atoms with van der Waals surface area (Å²) in [5.41, 5.74) is 8.72.